The summed E-state index contributed by atoms with van der Waals surface area (Å²) in [6.45, 7) is 4.62. The molecule has 0 saturated carbocycles. The number of hydrogen-bond acceptors (Lipinski definition) is 1. The maximum atomic E-state index is 2.45. The van der Waals surface area contributed by atoms with E-state index in [1.165, 1.54) is 69.0 Å². The molecule has 0 fully saturated rings. The Kier molecular flexibility index (Phi) is 6.22. The number of rotatable bonds is 5. The van der Waals surface area contributed by atoms with Gasteiger partial charge in [0.05, 0.1) is 0 Å². The van der Waals surface area contributed by atoms with Gasteiger partial charge >= 0.3 is 259 Å². The molecule has 8 rings (SSSR count). The third kappa shape index (κ3) is 4.29. The van der Waals surface area contributed by atoms with Crippen molar-refractivity contribution in [3.8, 4) is 0 Å². The molecule has 8 aromatic rings. The molecule has 0 radical (unpaired) electrons. The van der Waals surface area contributed by atoms with Gasteiger partial charge in [-0.3, -0.25) is 0 Å². The zero-order chi connectivity index (χ0) is 29.0. The standard InChI is InChI=1S/C41H31NSe/c1-41(2,30-13-5-3-6-14-30)31-23-25-33(26-24-31)42(32-15-7-4-8-16-32)37-19-11-18-35-36-27-22-29-21-20-28-12-9-10-17-34(28)38(29)40(36)43-39(35)37/h3-27H,1-2H3. The van der Waals surface area contributed by atoms with E-state index in [1.807, 2.05) is 0 Å². The van der Waals surface area contributed by atoms with Crippen LogP contribution in [-0.4, -0.2) is 14.5 Å². The number of fused-ring (bicyclic) bond motifs is 7. The van der Waals surface area contributed by atoms with Crippen LogP contribution in [0.3, 0.4) is 0 Å². The Morgan fingerprint density at radius 3 is 1.81 bits per heavy atom. The van der Waals surface area contributed by atoms with E-state index in [0.717, 1.165) is 0 Å². The minimum absolute atomic E-state index is 0.0834. The fraction of sp³-hybridized carbons (Fsp3) is 0.0732. The van der Waals surface area contributed by atoms with Crippen molar-refractivity contribution in [2.24, 2.45) is 0 Å². The van der Waals surface area contributed by atoms with Gasteiger partial charge in [-0.15, -0.1) is 0 Å². The topological polar surface area (TPSA) is 3.24 Å². The first-order chi connectivity index (χ1) is 21.1. The average molecular weight is 617 g/mol. The van der Waals surface area contributed by atoms with Crippen molar-refractivity contribution in [2.75, 3.05) is 4.90 Å². The Bertz CT molecular complexity index is 2240. The Balaban J connectivity index is 1.34. The van der Waals surface area contributed by atoms with Crippen molar-refractivity contribution in [2.45, 2.75) is 19.3 Å². The van der Waals surface area contributed by atoms with Crippen LogP contribution in [0.5, 0.6) is 0 Å². The predicted octanol–water partition coefficient (Wildman–Crippen LogP) is 11.2. The van der Waals surface area contributed by atoms with E-state index in [9.17, 15) is 0 Å². The average Bonchev–Trinajstić information content (AvgIpc) is 3.46. The van der Waals surface area contributed by atoms with Crippen molar-refractivity contribution in [3.05, 3.63) is 163 Å². The van der Waals surface area contributed by atoms with Gasteiger partial charge in [0.1, 0.15) is 0 Å². The molecule has 43 heavy (non-hydrogen) atoms. The molecule has 0 spiro atoms. The second-order valence-corrected chi connectivity index (χ2v) is 13.9. The summed E-state index contributed by atoms with van der Waals surface area (Å²) >= 11 is 0.160. The van der Waals surface area contributed by atoms with Gasteiger partial charge in [-0.2, -0.15) is 0 Å². The number of para-hydroxylation sites is 1. The summed E-state index contributed by atoms with van der Waals surface area (Å²) in [6, 6.07) is 55.7. The Labute approximate surface area is 258 Å². The number of hydrogen-bond donors (Lipinski definition) is 0. The van der Waals surface area contributed by atoms with Crippen molar-refractivity contribution in [1.29, 1.82) is 0 Å². The van der Waals surface area contributed by atoms with E-state index in [4.69, 9.17) is 0 Å². The third-order valence-corrected chi connectivity index (χ3v) is 11.6. The van der Waals surface area contributed by atoms with Crippen LogP contribution in [0.1, 0.15) is 25.0 Å². The first-order valence-electron chi connectivity index (χ1n) is 14.9. The van der Waals surface area contributed by atoms with Gasteiger partial charge in [0.25, 0.3) is 0 Å². The quantitative estimate of drug-likeness (QED) is 0.137. The molecule has 0 saturated heterocycles. The normalized spacial score (nSPS) is 12.0. The van der Waals surface area contributed by atoms with Gasteiger partial charge in [-0.1, -0.05) is 0 Å². The predicted molar refractivity (Wildman–Crippen MR) is 187 cm³/mol. The van der Waals surface area contributed by atoms with Crippen LogP contribution in [0, 0.1) is 0 Å². The molecule has 0 unspecified atom stereocenters. The van der Waals surface area contributed by atoms with Crippen molar-refractivity contribution in [3.63, 3.8) is 0 Å². The zero-order valence-electron chi connectivity index (χ0n) is 24.3. The second kappa shape index (κ2) is 10.3. The SMILES string of the molecule is CC(C)(c1ccccc1)c1ccc(N(c2ccccc2)c2cccc3c2[se]c2c3ccc3ccc4ccccc4c32)cc1. The molecular weight excluding hydrogens is 585 g/mol. The molecule has 0 aliphatic carbocycles. The summed E-state index contributed by atoms with van der Waals surface area (Å²) < 4.78 is 2.94. The van der Waals surface area contributed by atoms with E-state index in [0.29, 0.717) is 0 Å². The van der Waals surface area contributed by atoms with Crippen molar-refractivity contribution < 1.29 is 0 Å². The first-order valence-corrected chi connectivity index (χ1v) is 16.6. The van der Waals surface area contributed by atoms with Gasteiger partial charge in [0.2, 0.25) is 0 Å². The summed E-state index contributed by atoms with van der Waals surface area (Å²) in [5, 5.41) is 8.14. The summed E-state index contributed by atoms with van der Waals surface area (Å²) in [5.41, 5.74) is 6.16. The van der Waals surface area contributed by atoms with Crippen LogP contribution < -0.4 is 4.90 Å². The molecule has 0 bridgehead atoms. The van der Waals surface area contributed by atoms with Gasteiger partial charge in [-0.05, 0) is 0 Å². The number of nitrogens with zero attached hydrogens (tertiary/aromatic N) is 1. The fourth-order valence-corrected chi connectivity index (χ4v) is 9.44. The van der Waals surface area contributed by atoms with Gasteiger partial charge in [0, 0.05) is 0 Å². The van der Waals surface area contributed by atoms with Crippen LogP contribution in [0.2, 0.25) is 0 Å². The van der Waals surface area contributed by atoms with Gasteiger partial charge in [-0.25, -0.2) is 0 Å². The molecule has 7 aromatic carbocycles. The van der Waals surface area contributed by atoms with Crippen molar-refractivity contribution in [1.82, 2.24) is 0 Å². The molecule has 1 nitrogen and oxygen atoms in total. The second-order valence-electron chi connectivity index (χ2n) is 11.8. The summed E-state index contributed by atoms with van der Waals surface area (Å²) in [6.07, 6.45) is 0. The van der Waals surface area contributed by atoms with Crippen LogP contribution in [0.25, 0.3) is 40.8 Å². The van der Waals surface area contributed by atoms with Crippen LogP contribution in [0.4, 0.5) is 17.1 Å². The van der Waals surface area contributed by atoms with E-state index >= 15 is 0 Å². The molecule has 1 aromatic heterocycles. The molecular formula is C41H31NSe. The molecule has 1 heterocycles. The zero-order valence-corrected chi connectivity index (χ0v) is 26.0. The summed E-state index contributed by atoms with van der Waals surface area (Å²) in [7, 11) is 0. The molecule has 206 valence electrons. The van der Waals surface area contributed by atoms with Crippen LogP contribution in [-0.2, 0) is 5.41 Å². The Hall–Kier alpha value is -4.62. The van der Waals surface area contributed by atoms with E-state index in [1.54, 1.807) is 0 Å². The molecule has 0 aliphatic rings. The molecule has 0 atom stereocenters. The summed E-state index contributed by atoms with van der Waals surface area (Å²) in [5.74, 6) is 0. The molecule has 0 aliphatic heterocycles. The van der Waals surface area contributed by atoms with Crippen molar-refractivity contribution >= 4 is 72.4 Å². The number of benzene rings is 7. The molecule has 0 N–H and O–H groups in total. The molecule has 2 heteroatoms. The first kappa shape index (κ1) is 26.0. The van der Waals surface area contributed by atoms with E-state index < -0.39 is 0 Å². The van der Waals surface area contributed by atoms with Crippen LogP contribution in [0.15, 0.2) is 152 Å². The Morgan fingerprint density at radius 2 is 1.02 bits per heavy atom. The van der Waals surface area contributed by atoms with Gasteiger partial charge < -0.3 is 0 Å². The fourth-order valence-electron chi connectivity index (χ4n) is 6.56. The Morgan fingerprint density at radius 1 is 0.442 bits per heavy atom. The monoisotopic (exact) mass is 617 g/mol. The van der Waals surface area contributed by atoms with Crippen LogP contribution >= 0.6 is 0 Å². The summed E-state index contributed by atoms with van der Waals surface area (Å²) in [4.78, 5) is 2.45. The third-order valence-electron chi connectivity index (χ3n) is 8.95. The maximum absolute atomic E-state index is 2.45. The van der Waals surface area contributed by atoms with E-state index in [2.05, 4.69) is 170 Å². The number of anilines is 3. The molecule has 0 amide bonds. The van der Waals surface area contributed by atoms with Gasteiger partial charge in [0.15, 0.2) is 0 Å². The van der Waals surface area contributed by atoms with E-state index in [-0.39, 0.29) is 19.9 Å². The minimum atomic E-state index is -0.0834.